The van der Waals surface area contributed by atoms with Gasteiger partial charge in [0, 0.05) is 67.5 Å². The molecule has 0 unspecified atom stereocenters. The number of nitrogens with zero attached hydrogens (tertiary/aromatic N) is 4. The predicted octanol–water partition coefficient (Wildman–Crippen LogP) is 3.41. The van der Waals surface area contributed by atoms with E-state index in [0.29, 0.717) is 11.7 Å². The molecule has 5 nitrogen and oxygen atoms in total. The Balaban J connectivity index is 1.42. The quantitative estimate of drug-likeness (QED) is 0.663. The number of hydrogen-bond acceptors (Lipinski definition) is 3. The second-order valence-corrected chi connectivity index (χ2v) is 8.00. The molecule has 0 aliphatic carbocycles. The van der Waals surface area contributed by atoms with E-state index in [2.05, 4.69) is 45.6 Å². The fourth-order valence-corrected chi connectivity index (χ4v) is 4.86. The largest absolute Gasteiger partial charge is 0.349 e. The molecule has 1 aromatic carbocycles. The van der Waals surface area contributed by atoms with Crippen molar-refractivity contribution in [1.29, 1.82) is 0 Å². The Morgan fingerprint density at radius 2 is 2.12 bits per heavy atom. The van der Waals surface area contributed by atoms with E-state index in [-0.39, 0.29) is 5.91 Å². The number of likely N-dealkylation sites (tertiary alicyclic amines) is 1. The van der Waals surface area contributed by atoms with E-state index in [1.165, 1.54) is 15.8 Å². The monoisotopic (exact) mass is 368 g/mol. The Morgan fingerprint density at radius 1 is 1.27 bits per heavy atom. The standard InChI is InChI=1S/C20H24N4OS/c1-22-11-9-21-20(22)15-6-5-10-24(12-15)19(25)14-26-18-13-23(2)17-8-4-3-7-16(17)18/h3-4,7-9,11,13,15H,5-6,10,12,14H2,1-2H3/t15-/m0/s1. The summed E-state index contributed by atoms with van der Waals surface area (Å²) < 4.78 is 4.20. The molecule has 1 atom stereocenters. The van der Waals surface area contributed by atoms with E-state index in [1.54, 1.807) is 11.8 Å². The first kappa shape index (κ1) is 17.2. The lowest BCUT2D eigenvalue weighted by molar-refractivity contribution is -0.129. The van der Waals surface area contributed by atoms with Gasteiger partial charge in [-0.15, -0.1) is 11.8 Å². The molecule has 1 aliphatic rings. The highest BCUT2D eigenvalue weighted by Gasteiger charge is 2.27. The van der Waals surface area contributed by atoms with Gasteiger partial charge in [0.1, 0.15) is 5.82 Å². The van der Waals surface area contributed by atoms with Crippen molar-refractivity contribution in [2.45, 2.75) is 23.7 Å². The van der Waals surface area contributed by atoms with Crippen molar-refractivity contribution < 1.29 is 4.79 Å². The van der Waals surface area contributed by atoms with Crippen LogP contribution in [0.15, 0.2) is 47.8 Å². The topological polar surface area (TPSA) is 43.1 Å². The number of aromatic nitrogens is 3. The van der Waals surface area contributed by atoms with Gasteiger partial charge in [-0.3, -0.25) is 4.79 Å². The molecule has 1 aliphatic heterocycles. The maximum Gasteiger partial charge on any atom is 0.232 e. The van der Waals surface area contributed by atoms with Gasteiger partial charge < -0.3 is 14.0 Å². The average molecular weight is 369 g/mol. The molecule has 2 aromatic heterocycles. The minimum absolute atomic E-state index is 0.224. The van der Waals surface area contributed by atoms with Crippen LogP contribution in [0.25, 0.3) is 10.9 Å². The molecule has 26 heavy (non-hydrogen) atoms. The lowest BCUT2D eigenvalue weighted by Crippen LogP contribution is -2.40. The lowest BCUT2D eigenvalue weighted by Gasteiger charge is -2.32. The number of para-hydroxylation sites is 1. The highest BCUT2D eigenvalue weighted by Crippen LogP contribution is 2.30. The predicted molar refractivity (Wildman–Crippen MR) is 105 cm³/mol. The maximum atomic E-state index is 12.8. The van der Waals surface area contributed by atoms with Gasteiger partial charge in [0.25, 0.3) is 0 Å². The molecule has 1 fully saturated rings. The fraction of sp³-hybridized carbons (Fsp3) is 0.400. The number of imidazole rings is 1. The van der Waals surface area contributed by atoms with E-state index in [0.717, 1.165) is 31.8 Å². The van der Waals surface area contributed by atoms with E-state index in [4.69, 9.17) is 0 Å². The minimum atomic E-state index is 0.224. The molecule has 1 amide bonds. The average Bonchev–Trinajstić information content (AvgIpc) is 3.23. The van der Waals surface area contributed by atoms with Crippen molar-refractivity contribution in [3.8, 4) is 0 Å². The van der Waals surface area contributed by atoms with Crippen LogP contribution in [0.3, 0.4) is 0 Å². The van der Waals surface area contributed by atoms with Crippen LogP contribution in [0.2, 0.25) is 0 Å². The number of rotatable bonds is 4. The summed E-state index contributed by atoms with van der Waals surface area (Å²) in [4.78, 5) is 20.5. The van der Waals surface area contributed by atoms with Gasteiger partial charge >= 0.3 is 0 Å². The molecule has 6 heteroatoms. The molecule has 3 heterocycles. The zero-order chi connectivity index (χ0) is 18.1. The second-order valence-electron chi connectivity index (χ2n) is 6.99. The Kier molecular flexibility index (Phi) is 4.76. The minimum Gasteiger partial charge on any atom is -0.349 e. The summed E-state index contributed by atoms with van der Waals surface area (Å²) in [6.45, 7) is 1.63. The molecule has 0 bridgehead atoms. The Bertz CT molecular complexity index is 929. The Morgan fingerprint density at radius 3 is 2.92 bits per heavy atom. The van der Waals surface area contributed by atoms with Crippen LogP contribution in [0.5, 0.6) is 0 Å². The molecule has 4 rings (SSSR count). The van der Waals surface area contributed by atoms with Gasteiger partial charge in [-0.05, 0) is 18.9 Å². The van der Waals surface area contributed by atoms with Crippen molar-refractivity contribution in [3.63, 3.8) is 0 Å². The summed E-state index contributed by atoms with van der Waals surface area (Å²) in [6, 6.07) is 8.34. The van der Waals surface area contributed by atoms with Crippen LogP contribution in [0.1, 0.15) is 24.6 Å². The molecule has 1 saturated heterocycles. The first-order chi connectivity index (χ1) is 12.6. The third-order valence-corrected chi connectivity index (χ3v) is 6.24. The number of aryl methyl sites for hydroxylation is 2. The van der Waals surface area contributed by atoms with Crippen LogP contribution in [-0.4, -0.2) is 43.8 Å². The summed E-state index contributed by atoms with van der Waals surface area (Å²) in [5.41, 5.74) is 1.20. The zero-order valence-electron chi connectivity index (χ0n) is 15.3. The molecular formula is C20H24N4OS. The summed E-state index contributed by atoms with van der Waals surface area (Å²) in [5, 5.41) is 1.22. The van der Waals surface area contributed by atoms with Gasteiger partial charge in [-0.2, -0.15) is 0 Å². The first-order valence-electron chi connectivity index (χ1n) is 9.05. The maximum absolute atomic E-state index is 12.8. The van der Waals surface area contributed by atoms with Crippen molar-refractivity contribution in [2.24, 2.45) is 14.1 Å². The van der Waals surface area contributed by atoms with Crippen LogP contribution in [0, 0.1) is 0 Å². The summed E-state index contributed by atoms with van der Waals surface area (Å²) in [7, 11) is 4.08. The lowest BCUT2D eigenvalue weighted by atomic mass is 9.97. The van der Waals surface area contributed by atoms with Gasteiger partial charge in [-0.25, -0.2) is 4.98 Å². The van der Waals surface area contributed by atoms with Crippen LogP contribution in [-0.2, 0) is 18.9 Å². The summed E-state index contributed by atoms with van der Waals surface area (Å²) >= 11 is 1.64. The van der Waals surface area contributed by atoms with Crippen molar-refractivity contribution in [2.75, 3.05) is 18.8 Å². The van der Waals surface area contributed by atoms with Crippen molar-refractivity contribution in [1.82, 2.24) is 19.0 Å². The number of carbonyl (C=O) groups excluding carboxylic acids is 1. The third-order valence-electron chi connectivity index (χ3n) is 5.21. The highest BCUT2D eigenvalue weighted by atomic mass is 32.2. The van der Waals surface area contributed by atoms with E-state index in [9.17, 15) is 4.79 Å². The first-order valence-corrected chi connectivity index (χ1v) is 10.0. The van der Waals surface area contributed by atoms with Gasteiger partial charge in [0.05, 0.1) is 5.75 Å². The number of thioether (sulfide) groups is 1. The van der Waals surface area contributed by atoms with E-state index in [1.807, 2.05) is 30.4 Å². The third kappa shape index (κ3) is 3.26. The SMILES string of the molecule is Cn1ccnc1[C@H]1CCCN(C(=O)CSc2cn(C)c3ccccc23)C1. The number of benzene rings is 1. The Hall–Kier alpha value is -2.21. The smallest absolute Gasteiger partial charge is 0.232 e. The van der Waals surface area contributed by atoms with Gasteiger partial charge in [0.2, 0.25) is 5.91 Å². The summed E-state index contributed by atoms with van der Waals surface area (Å²) in [5.74, 6) is 2.14. The normalized spacial score (nSPS) is 17.8. The fourth-order valence-electron chi connectivity index (χ4n) is 3.84. The number of hydrogen-bond donors (Lipinski definition) is 0. The number of fused-ring (bicyclic) bond motifs is 1. The molecular weight excluding hydrogens is 344 g/mol. The van der Waals surface area contributed by atoms with Gasteiger partial charge in [0.15, 0.2) is 0 Å². The van der Waals surface area contributed by atoms with E-state index >= 15 is 0 Å². The summed E-state index contributed by atoms with van der Waals surface area (Å²) in [6.07, 6.45) is 8.09. The van der Waals surface area contributed by atoms with Crippen LogP contribution >= 0.6 is 11.8 Å². The van der Waals surface area contributed by atoms with Crippen molar-refractivity contribution in [3.05, 3.63) is 48.7 Å². The van der Waals surface area contributed by atoms with Crippen LogP contribution < -0.4 is 0 Å². The number of carbonyl (C=O) groups is 1. The number of amides is 1. The van der Waals surface area contributed by atoms with E-state index < -0.39 is 0 Å². The second kappa shape index (κ2) is 7.19. The van der Waals surface area contributed by atoms with Gasteiger partial charge in [-0.1, -0.05) is 18.2 Å². The van der Waals surface area contributed by atoms with Crippen molar-refractivity contribution >= 4 is 28.6 Å². The molecule has 0 N–H and O–H groups in total. The molecule has 0 radical (unpaired) electrons. The molecule has 0 saturated carbocycles. The molecule has 3 aromatic rings. The Labute approximate surface area is 158 Å². The zero-order valence-corrected chi connectivity index (χ0v) is 16.1. The number of piperidine rings is 1. The highest BCUT2D eigenvalue weighted by molar-refractivity contribution is 8.00. The molecule has 0 spiro atoms. The molecule has 136 valence electrons. The van der Waals surface area contributed by atoms with Crippen LogP contribution in [0.4, 0.5) is 0 Å².